The van der Waals surface area contributed by atoms with E-state index < -0.39 is 0 Å². The number of nitrogens with one attached hydrogen (secondary N) is 1. The number of aromatic nitrogens is 2. The van der Waals surface area contributed by atoms with Gasteiger partial charge in [0.15, 0.2) is 5.82 Å². The van der Waals surface area contributed by atoms with Crippen molar-refractivity contribution in [3.63, 3.8) is 0 Å². The van der Waals surface area contributed by atoms with E-state index in [1.165, 1.54) is 49.4 Å². The molecule has 0 spiro atoms. The van der Waals surface area contributed by atoms with Gasteiger partial charge in [-0.25, -0.2) is 9.97 Å². The molecule has 1 aromatic heterocycles. The van der Waals surface area contributed by atoms with Crippen LogP contribution in [0.15, 0.2) is 182 Å². The predicted molar refractivity (Wildman–Crippen MR) is 214 cm³/mol. The van der Waals surface area contributed by atoms with Gasteiger partial charge in [-0.05, 0) is 80.2 Å². The van der Waals surface area contributed by atoms with Crippen LogP contribution in [0.5, 0.6) is 0 Å². The molecule has 1 aliphatic heterocycles. The molecule has 1 N–H and O–H groups in total. The van der Waals surface area contributed by atoms with E-state index in [1.807, 2.05) is 12.3 Å². The Kier molecular flexibility index (Phi) is 7.79. The second kappa shape index (κ2) is 13.0. The molecule has 0 saturated heterocycles. The van der Waals surface area contributed by atoms with E-state index in [1.54, 1.807) is 0 Å². The third-order valence-corrected chi connectivity index (χ3v) is 9.92. The van der Waals surface area contributed by atoms with Crippen LogP contribution < -0.4 is 5.32 Å². The Hall–Kier alpha value is -6.58. The minimum Gasteiger partial charge on any atom is -0.384 e. The summed E-state index contributed by atoms with van der Waals surface area (Å²) in [5.74, 6) is 0.701. The van der Waals surface area contributed by atoms with E-state index in [4.69, 9.17) is 9.97 Å². The van der Waals surface area contributed by atoms with Crippen molar-refractivity contribution in [2.45, 2.75) is 13.0 Å². The van der Waals surface area contributed by atoms with E-state index >= 15 is 0 Å². The molecule has 242 valence electrons. The third-order valence-electron chi connectivity index (χ3n) is 9.92. The molecule has 0 fully saturated rings. The second-order valence-electron chi connectivity index (χ2n) is 13.1. The molecule has 0 radical (unpaired) electrons. The fourth-order valence-electron chi connectivity index (χ4n) is 7.38. The van der Waals surface area contributed by atoms with Crippen molar-refractivity contribution in [2.75, 3.05) is 0 Å². The summed E-state index contributed by atoms with van der Waals surface area (Å²) < 4.78 is 0. The van der Waals surface area contributed by atoms with Crippen molar-refractivity contribution >= 4 is 27.1 Å². The smallest absolute Gasteiger partial charge is 0.160 e. The van der Waals surface area contributed by atoms with Gasteiger partial charge in [-0.1, -0.05) is 164 Å². The zero-order valence-electron chi connectivity index (χ0n) is 28.3. The van der Waals surface area contributed by atoms with Crippen molar-refractivity contribution in [3.8, 4) is 56.2 Å². The first-order chi connectivity index (χ1) is 25.2. The number of allylic oxidation sites excluding steroid dienone is 2. The number of dihydropyridines is 1. The van der Waals surface area contributed by atoms with Crippen LogP contribution in [0.1, 0.15) is 12.5 Å². The maximum absolute atomic E-state index is 5.17. The van der Waals surface area contributed by atoms with Crippen LogP contribution in [0, 0.1) is 0 Å². The predicted octanol–water partition coefficient (Wildman–Crippen LogP) is 12.0. The summed E-state index contributed by atoms with van der Waals surface area (Å²) in [6.07, 6.45) is 6.23. The van der Waals surface area contributed by atoms with Crippen molar-refractivity contribution in [1.29, 1.82) is 0 Å². The highest BCUT2D eigenvalue weighted by molar-refractivity contribution is 6.21. The maximum Gasteiger partial charge on any atom is 0.160 e. The molecule has 8 aromatic rings. The molecule has 0 bridgehead atoms. The summed E-state index contributed by atoms with van der Waals surface area (Å²) in [6, 6.07) is 58.5. The Balaban J connectivity index is 1.17. The number of rotatable bonds is 6. The van der Waals surface area contributed by atoms with E-state index in [0.29, 0.717) is 5.82 Å². The Morgan fingerprint density at radius 3 is 1.43 bits per heavy atom. The third kappa shape index (κ3) is 5.69. The first kappa shape index (κ1) is 30.5. The van der Waals surface area contributed by atoms with E-state index in [2.05, 4.69) is 182 Å². The van der Waals surface area contributed by atoms with Crippen LogP contribution in [0.25, 0.3) is 83.3 Å². The van der Waals surface area contributed by atoms with Crippen LogP contribution in [-0.4, -0.2) is 16.0 Å². The highest BCUT2D eigenvalue weighted by atomic mass is 14.9. The van der Waals surface area contributed by atoms with E-state index in [9.17, 15) is 0 Å². The summed E-state index contributed by atoms with van der Waals surface area (Å²) in [4.78, 5) is 10.3. The quantitative estimate of drug-likeness (QED) is 0.182. The normalized spacial score (nSPS) is 14.0. The first-order valence-electron chi connectivity index (χ1n) is 17.5. The fraction of sp³-hybridized carbons (Fsp3) is 0.0417. The minimum absolute atomic E-state index is 0.260. The molecule has 3 heteroatoms. The monoisotopic (exact) mass is 653 g/mol. The van der Waals surface area contributed by atoms with Crippen molar-refractivity contribution < 1.29 is 0 Å². The van der Waals surface area contributed by atoms with E-state index in [-0.39, 0.29) is 6.04 Å². The molecule has 0 aliphatic carbocycles. The van der Waals surface area contributed by atoms with Gasteiger partial charge in [0.05, 0.1) is 11.4 Å². The van der Waals surface area contributed by atoms with Gasteiger partial charge in [0.25, 0.3) is 0 Å². The number of hydrogen-bond acceptors (Lipinski definition) is 3. The van der Waals surface area contributed by atoms with Gasteiger partial charge in [0, 0.05) is 22.7 Å². The molecule has 51 heavy (non-hydrogen) atoms. The molecule has 9 rings (SSSR count). The SMILES string of the molecule is CC1NC=CC=C1c1ccc(-c2cc(-c3ccccc3)nc(-c3ccc(-c4c(-c5ccccc5)c5ccccc5c5ccccc45)cc3)n2)cc1. The van der Waals surface area contributed by atoms with Gasteiger partial charge >= 0.3 is 0 Å². The molecule has 2 heterocycles. The summed E-state index contributed by atoms with van der Waals surface area (Å²) >= 11 is 0. The van der Waals surface area contributed by atoms with Crippen molar-refractivity contribution in [2.24, 2.45) is 0 Å². The van der Waals surface area contributed by atoms with Crippen LogP contribution in [-0.2, 0) is 0 Å². The van der Waals surface area contributed by atoms with Gasteiger partial charge in [0.1, 0.15) is 0 Å². The molecule has 7 aromatic carbocycles. The lowest BCUT2D eigenvalue weighted by Crippen LogP contribution is -2.23. The van der Waals surface area contributed by atoms with Crippen molar-refractivity contribution in [3.05, 3.63) is 188 Å². The summed E-state index contributed by atoms with van der Waals surface area (Å²) in [7, 11) is 0. The molecule has 3 nitrogen and oxygen atoms in total. The average molecular weight is 654 g/mol. The molecule has 1 aliphatic rings. The fourth-order valence-corrected chi connectivity index (χ4v) is 7.38. The Labute approximate surface area is 298 Å². The molecule has 0 amide bonds. The largest absolute Gasteiger partial charge is 0.384 e. The lowest BCUT2D eigenvalue weighted by Gasteiger charge is -2.20. The summed E-state index contributed by atoms with van der Waals surface area (Å²) in [5, 5.41) is 8.40. The maximum atomic E-state index is 5.17. The first-order valence-corrected chi connectivity index (χ1v) is 17.5. The van der Waals surface area contributed by atoms with E-state index in [0.717, 1.165) is 33.6 Å². The molecular formula is C48H35N3. The Morgan fingerprint density at radius 1 is 0.431 bits per heavy atom. The Bertz CT molecular complexity index is 2580. The standard InChI is InChI=1S/C48H35N3/c1-32-39(21-12-30-49-32)33-22-24-35(25-23-33)45-31-44(34-13-4-2-5-14-34)50-48(51-45)38-28-26-37(27-29-38)47-43-20-11-9-18-41(43)40-17-8-10-19-42(40)46(47)36-15-6-3-7-16-36/h2-32,49H,1H3. The highest BCUT2D eigenvalue weighted by Crippen LogP contribution is 2.44. The van der Waals surface area contributed by atoms with Gasteiger partial charge in [-0.3, -0.25) is 0 Å². The number of hydrogen-bond donors (Lipinski definition) is 1. The van der Waals surface area contributed by atoms with Crippen LogP contribution in [0.2, 0.25) is 0 Å². The Morgan fingerprint density at radius 2 is 0.863 bits per heavy atom. The molecule has 1 atom stereocenters. The van der Waals surface area contributed by atoms with Gasteiger partial charge < -0.3 is 5.32 Å². The molecule has 1 unspecified atom stereocenters. The number of nitrogens with zero attached hydrogens (tertiary/aromatic N) is 2. The molecule has 0 saturated carbocycles. The lowest BCUT2D eigenvalue weighted by atomic mass is 9.85. The molecular weight excluding hydrogens is 619 g/mol. The second-order valence-corrected chi connectivity index (χ2v) is 13.1. The zero-order valence-corrected chi connectivity index (χ0v) is 28.3. The highest BCUT2D eigenvalue weighted by Gasteiger charge is 2.18. The number of fused-ring (bicyclic) bond motifs is 3. The number of benzene rings is 7. The zero-order chi connectivity index (χ0) is 34.1. The van der Waals surface area contributed by atoms with Gasteiger partial charge in [0.2, 0.25) is 0 Å². The van der Waals surface area contributed by atoms with Crippen molar-refractivity contribution in [1.82, 2.24) is 15.3 Å². The van der Waals surface area contributed by atoms with Crippen LogP contribution >= 0.6 is 0 Å². The van der Waals surface area contributed by atoms with Gasteiger partial charge in [-0.15, -0.1) is 0 Å². The summed E-state index contributed by atoms with van der Waals surface area (Å²) in [6.45, 7) is 2.18. The summed E-state index contributed by atoms with van der Waals surface area (Å²) in [5.41, 5.74) is 12.2. The topological polar surface area (TPSA) is 37.8 Å². The minimum atomic E-state index is 0.260. The van der Waals surface area contributed by atoms with Crippen LogP contribution in [0.3, 0.4) is 0 Å². The average Bonchev–Trinajstić information content (AvgIpc) is 3.21. The van der Waals surface area contributed by atoms with Crippen LogP contribution in [0.4, 0.5) is 0 Å². The van der Waals surface area contributed by atoms with Gasteiger partial charge in [-0.2, -0.15) is 0 Å². The lowest BCUT2D eigenvalue weighted by molar-refractivity contribution is 0.779.